The van der Waals surface area contributed by atoms with Gasteiger partial charge >= 0.3 is 5.97 Å². The van der Waals surface area contributed by atoms with Gasteiger partial charge in [-0.15, -0.1) is 0 Å². The van der Waals surface area contributed by atoms with Crippen LogP contribution in [0.3, 0.4) is 0 Å². The predicted octanol–water partition coefficient (Wildman–Crippen LogP) is 3.76. The minimum atomic E-state index is -0.648. The molecule has 5 heteroatoms. The second-order valence-corrected chi connectivity index (χ2v) is 6.42. The number of fused-ring (bicyclic) bond motifs is 1. The van der Waals surface area contributed by atoms with Crippen LogP contribution in [-0.2, 0) is 22.4 Å². The van der Waals surface area contributed by atoms with Crippen molar-refractivity contribution in [1.82, 2.24) is 0 Å². The van der Waals surface area contributed by atoms with E-state index in [0.29, 0.717) is 11.3 Å². The summed E-state index contributed by atoms with van der Waals surface area (Å²) in [6.45, 7) is 1.72. The van der Waals surface area contributed by atoms with E-state index >= 15 is 0 Å². The summed E-state index contributed by atoms with van der Waals surface area (Å²) in [5, 5.41) is 2.79. The first kappa shape index (κ1) is 18.0. The largest absolute Gasteiger partial charge is 0.481 e. The van der Waals surface area contributed by atoms with Crippen molar-refractivity contribution in [3.8, 4) is 5.75 Å². The minimum Gasteiger partial charge on any atom is -0.481 e. The molecule has 1 N–H and O–H groups in total. The Balaban J connectivity index is 1.68. The summed E-state index contributed by atoms with van der Waals surface area (Å²) in [4.78, 5) is 24.1. The number of methoxy groups -OCH3 is 1. The second-order valence-electron chi connectivity index (χ2n) is 6.42. The number of rotatable bonds is 5. The average Bonchev–Trinajstić information content (AvgIpc) is 2.67. The molecule has 0 aromatic heterocycles. The molecule has 0 saturated heterocycles. The fourth-order valence-corrected chi connectivity index (χ4v) is 3.19. The lowest BCUT2D eigenvalue weighted by Crippen LogP contribution is -2.30. The topological polar surface area (TPSA) is 64.6 Å². The Bertz CT molecular complexity index is 815. The van der Waals surface area contributed by atoms with Crippen molar-refractivity contribution in [1.29, 1.82) is 0 Å². The third-order valence-electron chi connectivity index (χ3n) is 4.58. The highest BCUT2D eigenvalue weighted by atomic mass is 16.5. The van der Waals surface area contributed by atoms with Gasteiger partial charge in [0.2, 0.25) is 0 Å². The number of aryl methyl sites for hydroxylation is 1. The summed E-state index contributed by atoms with van der Waals surface area (Å²) in [6.07, 6.45) is 3.75. The lowest BCUT2D eigenvalue weighted by atomic mass is 9.91. The molecule has 2 aromatic carbocycles. The Morgan fingerprint density at radius 1 is 1.08 bits per heavy atom. The molecule has 5 nitrogen and oxygen atoms in total. The van der Waals surface area contributed by atoms with Gasteiger partial charge in [-0.25, -0.2) is 4.79 Å². The molecular formula is C21H23NO4. The lowest BCUT2D eigenvalue weighted by Gasteiger charge is -2.22. The van der Waals surface area contributed by atoms with Crippen LogP contribution in [0.15, 0.2) is 42.5 Å². The van der Waals surface area contributed by atoms with E-state index in [-0.39, 0.29) is 5.91 Å². The van der Waals surface area contributed by atoms with Gasteiger partial charge in [0.1, 0.15) is 5.75 Å². The number of hydrogen-bond donors (Lipinski definition) is 1. The van der Waals surface area contributed by atoms with Crippen LogP contribution in [0.1, 0.15) is 41.3 Å². The summed E-state index contributed by atoms with van der Waals surface area (Å²) in [7, 11) is 1.32. The number of ether oxygens (including phenoxy) is 2. The van der Waals surface area contributed by atoms with Crippen molar-refractivity contribution < 1.29 is 19.1 Å². The van der Waals surface area contributed by atoms with Crippen molar-refractivity contribution in [2.45, 2.75) is 38.7 Å². The summed E-state index contributed by atoms with van der Waals surface area (Å²) in [5.74, 6) is 0.0786. The molecule has 3 rings (SSSR count). The van der Waals surface area contributed by atoms with Gasteiger partial charge < -0.3 is 14.8 Å². The van der Waals surface area contributed by atoms with E-state index in [9.17, 15) is 9.59 Å². The SMILES string of the molecule is COC(=O)c1cccc(NC(=O)C(C)Oc2cccc3c2CCCC3)c1. The smallest absolute Gasteiger partial charge is 0.337 e. The first-order chi connectivity index (χ1) is 12.6. The van der Waals surface area contributed by atoms with Crippen LogP contribution >= 0.6 is 0 Å². The number of esters is 1. The van der Waals surface area contributed by atoms with Gasteiger partial charge in [0, 0.05) is 5.69 Å². The number of amides is 1. The zero-order valence-electron chi connectivity index (χ0n) is 15.1. The molecule has 1 aliphatic rings. The van der Waals surface area contributed by atoms with Crippen molar-refractivity contribution in [3.05, 3.63) is 59.2 Å². The molecule has 0 aliphatic heterocycles. The third-order valence-corrected chi connectivity index (χ3v) is 4.58. The van der Waals surface area contributed by atoms with Gasteiger partial charge in [0.05, 0.1) is 12.7 Å². The number of benzene rings is 2. The van der Waals surface area contributed by atoms with Crippen LogP contribution in [0.2, 0.25) is 0 Å². The van der Waals surface area contributed by atoms with E-state index in [4.69, 9.17) is 9.47 Å². The number of carbonyl (C=O) groups is 2. The monoisotopic (exact) mass is 353 g/mol. The van der Waals surface area contributed by atoms with Crippen molar-refractivity contribution in [3.63, 3.8) is 0 Å². The number of hydrogen-bond acceptors (Lipinski definition) is 4. The first-order valence-electron chi connectivity index (χ1n) is 8.85. The Morgan fingerprint density at radius 3 is 2.65 bits per heavy atom. The average molecular weight is 353 g/mol. The number of carbonyl (C=O) groups excluding carboxylic acids is 2. The fourth-order valence-electron chi connectivity index (χ4n) is 3.19. The van der Waals surface area contributed by atoms with Gasteiger partial charge in [-0.05, 0) is 68.0 Å². The standard InChI is InChI=1S/C21H23NO4/c1-14(26-19-12-6-8-15-7-3-4-11-18(15)19)20(23)22-17-10-5-9-16(13-17)21(24)25-2/h5-6,8-10,12-14H,3-4,7,11H2,1-2H3,(H,22,23). The molecule has 0 saturated carbocycles. The quantitative estimate of drug-likeness (QED) is 0.832. The van der Waals surface area contributed by atoms with Crippen molar-refractivity contribution in [2.24, 2.45) is 0 Å². The normalized spacial score (nSPS) is 14.1. The molecule has 1 unspecified atom stereocenters. The molecule has 1 amide bonds. The molecule has 2 aromatic rings. The van der Waals surface area contributed by atoms with Gasteiger partial charge in [-0.2, -0.15) is 0 Å². The van der Waals surface area contributed by atoms with Gasteiger partial charge in [0.15, 0.2) is 6.10 Å². The summed E-state index contributed by atoms with van der Waals surface area (Å²) >= 11 is 0. The van der Waals surface area contributed by atoms with E-state index in [1.54, 1.807) is 31.2 Å². The second kappa shape index (κ2) is 8.04. The zero-order chi connectivity index (χ0) is 18.5. The van der Waals surface area contributed by atoms with E-state index in [0.717, 1.165) is 25.0 Å². The van der Waals surface area contributed by atoms with Crippen LogP contribution < -0.4 is 10.1 Å². The fraction of sp³-hybridized carbons (Fsp3) is 0.333. The van der Waals surface area contributed by atoms with Crippen LogP contribution in [-0.4, -0.2) is 25.1 Å². The Labute approximate surface area is 153 Å². The molecule has 0 heterocycles. The summed E-state index contributed by atoms with van der Waals surface area (Å²) in [6, 6.07) is 12.7. The maximum Gasteiger partial charge on any atom is 0.337 e. The van der Waals surface area contributed by atoms with Crippen molar-refractivity contribution in [2.75, 3.05) is 12.4 Å². The van der Waals surface area contributed by atoms with E-state index in [1.165, 1.54) is 24.7 Å². The molecular weight excluding hydrogens is 330 g/mol. The maximum absolute atomic E-state index is 12.5. The number of anilines is 1. The first-order valence-corrected chi connectivity index (χ1v) is 8.85. The molecule has 26 heavy (non-hydrogen) atoms. The Hall–Kier alpha value is -2.82. The van der Waals surface area contributed by atoms with Crippen LogP contribution in [0.25, 0.3) is 0 Å². The molecule has 136 valence electrons. The van der Waals surface area contributed by atoms with E-state index in [2.05, 4.69) is 11.4 Å². The molecule has 1 aliphatic carbocycles. The minimum absolute atomic E-state index is 0.263. The van der Waals surface area contributed by atoms with Gasteiger partial charge in [-0.3, -0.25) is 4.79 Å². The lowest BCUT2D eigenvalue weighted by molar-refractivity contribution is -0.122. The molecule has 0 radical (unpaired) electrons. The van der Waals surface area contributed by atoms with Crippen molar-refractivity contribution >= 4 is 17.6 Å². The summed E-state index contributed by atoms with van der Waals surface area (Å²) in [5.41, 5.74) is 3.44. The van der Waals surface area contributed by atoms with E-state index < -0.39 is 12.1 Å². The highest BCUT2D eigenvalue weighted by molar-refractivity contribution is 5.96. The van der Waals surface area contributed by atoms with Crippen LogP contribution in [0.5, 0.6) is 5.75 Å². The number of nitrogens with one attached hydrogen (secondary N) is 1. The van der Waals surface area contributed by atoms with Gasteiger partial charge in [0.25, 0.3) is 5.91 Å². The van der Waals surface area contributed by atoms with E-state index in [1.807, 2.05) is 12.1 Å². The van der Waals surface area contributed by atoms with Crippen LogP contribution in [0.4, 0.5) is 5.69 Å². The predicted molar refractivity (Wildman–Crippen MR) is 99.6 cm³/mol. The summed E-state index contributed by atoms with van der Waals surface area (Å²) < 4.78 is 10.6. The Morgan fingerprint density at radius 2 is 1.85 bits per heavy atom. The maximum atomic E-state index is 12.5. The highest BCUT2D eigenvalue weighted by Gasteiger charge is 2.19. The molecule has 0 fully saturated rings. The van der Waals surface area contributed by atoms with Gasteiger partial charge in [-0.1, -0.05) is 18.2 Å². The van der Waals surface area contributed by atoms with Crippen LogP contribution in [0, 0.1) is 0 Å². The Kier molecular flexibility index (Phi) is 5.56. The zero-order valence-corrected chi connectivity index (χ0v) is 15.1. The molecule has 1 atom stereocenters. The third kappa shape index (κ3) is 4.04. The molecule has 0 spiro atoms. The molecule has 0 bridgehead atoms. The highest BCUT2D eigenvalue weighted by Crippen LogP contribution is 2.30.